The van der Waals surface area contributed by atoms with Crippen LogP contribution < -0.4 is 5.32 Å². The zero-order valence-electron chi connectivity index (χ0n) is 9.39. The van der Waals surface area contributed by atoms with E-state index in [-0.39, 0.29) is 11.9 Å². The summed E-state index contributed by atoms with van der Waals surface area (Å²) < 4.78 is 0.920. The van der Waals surface area contributed by atoms with Gasteiger partial charge in [0.25, 0.3) is 5.91 Å². The first-order chi connectivity index (χ1) is 7.54. The molecule has 16 heavy (non-hydrogen) atoms. The third kappa shape index (κ3) is 3.94. The van der Waals surface area contributed by atoms with Gasteiger partial charge in [-0.15, -0.1) is 0 Å². The minimum absolute atomic E-state index is 0.0483. The summed E-state index contributed by atoms with van der Waals surface area (Å²) in [4.78, 5) is 11.9. The molecule has 0 aromatic heterocycles. The summed E-state index contributed by atoms with van der Waals surface area (Å²) in [5.41, 5.74) is 0.649. The van der Waals surface area contributed by atoms with Crippen LogP contribution in [0.2, 0.25) is 5.02 Å². The highest BCUT2D eigenvalue weighted by molar-refractivity contribution is 14.1. The van der Waals surface area contributed by atoms with Gasteiger partial charge in [-0.1, -0.05) is 24.9 Å². The van der Waals surface area contributed by atoms with Gasteiger partial charge in [0.05, 0.1) is 5.56 Å². The molecule has 2 nitrogen and oxygen atoms in total. The topological polar surface area (TPSA) is 29.1 Å². The van der Waals surface area contributed by atoms with Crippen LogP contribution in [0, 0.1) is 3.57 Å². The number of rotatable bonds is 4. The normalized spacial score (nSPS) is 12.2. The van der Waals surface area contributed by atoms with Gasteiger partial charge < -0.3 is 5.32 Å². The van der Waals surface area contributed by atoms with E-state index in [0.717, 1.165) is 16.4 Å². The highest BCUT2D eigenvalue weighted by atomic mass is 127. The van der Waals surface area contributed by atoms with Gasteiger partial charge in [-0.25, -0.2) is 0 Å². The van der Waals surface area contributed by atoms with Gasteiger partial charge in [0.15, 0.2) is 0 Å². The number of benzene rings is 1. The lowest BCUT2D eigenvalue weighted by atomic mass is 10.1. The summed E-state index contributed by atoms with van der Waals surface area (Å²) in [5.74, 6) is -0.0483. The molecule has 0 saturated carbocycles. The second-order valence-electron chi connectivity index (χ2n) is 3.79. The highest BCUT2D eigenvalue weighted by Gasteiger charge is 2.12. The van der Waals surface area contributed by atoms with Crippen LogP contribution in [-0.4, -0.2) is 11.9 Å². The van der Waals surface area contributed by atoms with Crippen LogP contribution in [0.3, 0.4) is 0 Å². The van der Waals surface area contributed by atoms with Crippen LogP contribution in [0.1, 0.15) is 37.0 Å². The summed E-state index contributed by atoms with van der Waals surface area (Å²) in [6.45, 7) is 4.12. The third-order valence-corrected chi connectivity index (χ3v) is 3.45. The zero-order valence-corrected chi connectivity index (χ0v) is 12.3. The van der Waals surface area contributed by atoms with E-state index >= 15 is 0 Å². The largest absolute Gasteiger partial charge is 0.350 e. The molecule has 0 heterocycles. The maximum Gasteiger partial charge on any atom is 0.252 e. The van der Waals surface area contributed by atoms with Crippen LogP contribution in [0.15, 0.2) is 18.2 Å². The predicted molar refractivity (Wildman–Crippen MR) is 76.0 cm³/mol. The van der Waals surface area contributed by atoms with Crippen molar-refractivity contribution < 1.29 is 4.79 Å². The van der Waals surface area contributed by atoms with Crippen molar-refractivity contribution >= 4 is 40.1 Å². The van der Waals surface area contributed by atoms with Crippen molar-refractivity contribution in [1.29, 1.82) is 0 Å². The molecule has 0 aliphatic heterocycles. The molecule has 0 bridgehead atoms. The Hall–Kier alpha value is -0.290. The number of carbonyl (C=O) groups is 1. The first kappa shape index (κ1) is 13.8. The fourth-order valence-corrected chi connectivity index (χ4v) is 2.23. The van der Waals surface area contributed by atoms with Crippen molar-refractivity contribution in [1.82, 2.24) is 5.32 Å². The first-order valence-electron chi connectivity index (χ1n) is 5.30. The van der Waals surface area contributed by atoms with Gasteiger partial charge >= 0.3 is 0 Å². The lowest BCUT2D eigenvalue weighted by Gasteiger charge is -2.13. The van der Waals surface area contributed by atoms with Crippen molar-refractivity contribution in [2.45, 2.75) is 32.7 Å². The molecular formula is C12H15ClINO. The van der Waals surface area contributed by atoms with Crippen LogP contribution >= 0.6 is 34.2 Å². The predicted octanol–water partition coefficient (Wildman–Crippen LogP) is 3.86. The number of hydrogen-bond acceptors (Lipinski definition) is 1. The standard InChI is InChI=1S/C12H15ClINO/c1-3-4-8(2)15-12(16)10-7-9(13)5-6-11(10)14/h5-8H,3-4H2,1-2H3,(H,15,16)/t8-/m0/s1. The van der Waals surface area contributed by atoms with Gasteiger partial charge in [0, 0.05) is 14.6 Å². The minimum atomic E-state index is -0.0483. The molecule has 0 aliphatic rings. The Morgan fingerprint density at radius 1 is 1.56 bits per heavy atom. The van der Waals surface area contributed by atoms with E-state index in [4.69, 9.17) is 11.6 Å². The zero-order chi connectivity index (χ0) is 12.1. The van der Waals surface area contributed by atoms with E-state index in [0.29, 0.717) is 10.6 Å². The molecule has 1 N–H and O–H groups in total. The average Bonchev–Trinajstić information content (AvgIpc) is 2.21. The summed E-state index contributed by atoms with van der Waals surface area (Å²) in [6, 6.07) is 5.54. The van der Waals surface area contributed by atoms with Crippen molar-refractivity contribution in [3.8, 4) is 0 Å². The Morgan fingerprint density at radius 2 is 2.25 bits per heavy atom. The third-order valence-electron chi connectivity index (χ3n) is 2.27. The Balaban J connectivity index is 2.76. The van der Waals surface area contributed by atoms with E-state index in [1.807, 2.05) is 13.0 Å². The number of hydrogen-bond donors (Lipinski definition) is 1. The molecule has 1 rings (SSSR count). The highest BCUT2D eigenvalue weighted by Crippen LogP contribution is 2.18. The Labute approximate surface area is 115 Å². The number of nitrogens with one attached hydrogen (secondary N) is 1. The van der Waals surface area contributed by atoms with Gasteiger partial charge in [-0.3, -0.25) is 4.79 Å². The molecular weight excluding hydrogens is 336 g/mol. The Morgan fingerprint density at radius 3 is 2.88 bits per heavy atom. The lowest BCUT2D eigenvalue weighted by molar-refractivity contribution is 0.0937. The molecule has 4 heteroatoms. The maximum absolute atomic E-state index is 11.9. The van der Waals surface area contributed by atoms with E-state index in [9.17, 15) is 4.79 Å². The molecule has 88 valence electrons. The molecule has 1 aromatic rings. The second kappa shape index (κ2) is 6.45. The van der Waals surface area contributed by atoms with Crippen molar-refractivity contribution in [3.63, 3.8) is 0 Å². The van der Waals surface area contributed by atoms with E-state index in [2.05, 4.69) is 34.8 Å². The lowest BCUT2D eigenvalue weighted by Crippen LogP contribution is -2.32. The fraction of sp³-hybridized carbons (Fsp3) is 0.417. The molecule has 0 saturated heterocycles. The molecule has 1 atom stereocenters. The second-order valence-corrected chi connectivity index (χ2v) is 5.39. The SMILES string of the molecule is CCC[C@H](C)NC(=O)c1cc(Cl)ccc1I. The number of halogens is 2. The van der Waals surface area contributed by atoms with Gasteiger partial charge in [0.2, 0.25) is 0 Å². The molecule has 0 radical (unpaired) electrons. The molecule has 0 unspecified atom stereocenters. The van der Waals surface area contributed by atoms with E-state index in [1.165, 1.54) is 0 Å². The monoisotopic (exact) mass is 351 g/mol. The van der Waals surface area contributed by atoms with Crippen molar-refractivity contribution in [2.24, 2.45) is 0 Å². The molecule has 0 spiro atoms. The summed E-state index contributed by atoms with van der Waals surface area (Å²) >= 11 is 8.02. The van der Waals surface area contributed by atoms with Crippen LogP contribution in [0.5, 0.6) is 0 Å². The smallest absolute Gasteiger partial charge is 0.252 e. The van der Waals surface area contributed by atoms with Crippen LogP contribution in [-0.2, 0) is 0 Å². The molecule has 0 fully saturated rings. The van der Waals surface area contributed by atoms with Gasteiger partial charge in [-0.05, 0) is 54.1 Å². The quantitative estimate of drug-likeness (QED) is 0.820. The van der Waals surface area contributed by atoms with E-state index < -0.39 is 0 Å². The molecule has 0 aliphatic carbocycles. The van der Waals surface area contributed by atoms with Gasteiger partial charge in [-0.2, -0.15) is 0 Å². The first-order valence-corrected chi connectivity index (χ1v) is 6.76. The Bertz CT molecular complexity index is 381. The average molecular weight is 352 g/mol. The van der Waals surface area contributed by atoms with Crippen molar-refractivity contribution in [2.75, 3.05) is 0 Å². The fourth-order valence-electron chi connectivity index (χ4n) is 1.48. The number of carbonyl (C=O) groups excluding carboxylic acids is 1. The van der Waals surface area contributed by atoms with Gasteiger partial charge in [0.1, 0.15) is 0 Å². The summed E-state index contributed by atoms with van der Waals surface area (Å²) in [7, 11) is 0. The van der Waals surface area contributed by atoms with Crippen molar-refractivity contribution in [3.05, 3.63) is 32.4 Å². The maximum atomic E-state index is 11.9. The van der Waals surface area contributed by atoms with Crippen LogP contribution in [0.25, 0.3) is 0 Å². The minimum Gasteiger partial charge on any atom is -0.350 e. The molecule has 1 aromatic carbocycles. The number of amides is 1. The summed E-state index contributed by atoms with van der Waals surface area (Å²) in [5, 5.41) is 3.55. The Kier molecular flexibility index (Phi) is 5.55. The van der Waals surface area contributed by atoms with Crippen LogP contribution in [0.4, 0.5) is 0 Å². The summed E-state index contributed by atoms with van der Waals surface area (Å²) in [6.07, 6.45) is 2.05. The molecule has 1 amide bonds. The van der Waals surface area contributed by atoms with E-state index in [1.54, 1.807) is 12.1 Å².